The van der Waals surface area contributed by atoms with E-state index in [9.17, 15) is 0 Å². The van der Waals surface area contributed by atoms with Gasteiger partial charge in [0.15, 0.2) is 0 Å². The molecular formula is C13H14BrClN2S. The Morgan fingerprint density at radius 1 is 1.44 bits per heavy atom. The molecule has 18 heavy (non-hydrogen) atoms. The van der Waals surface area contributed by atoms with Crippen LogP contribution < -0.4 is 10.6 Å². The number of hydrogen-bond donors (Lipinski definition) is 1. The highest BCUT2D eigenvalue weighted by molar-refractivity contribution is 9.10. The van der Waals surface area contributed by atoms with Gasteiger partial charge in [0.25, 0.3) is 0 Å². The summed E-state index contributed by atoms with van der Waals surface area (Å²) in [6, 6.07) is 7.97. The van der Waals surface area contributed by atoms with E-state index in [1.165, 1.54) is 4.88 Å². The first-order valence-corrected chi connectivity index (χ1v) is 7.58. The molecule has 1 aromatic heterocycles. The molecule has 0 unspecified atom stereocenters. The van der Waals surface area contributed by atoms with E-state index in [0.29, 0.717) is 6.54 Å². The van der Waals surface area contributed by atoms with E-state index in [4.69, 9.17) is 17.3 Å². The maximum absolute atomic E-state index is 6.27. The van der Waals surface area contributed by atoms with Gasteiger partial charge in [0.1, 0.15) is 0 Å². The largest absolute Gasteiger partial charge is 0.368 e. The second-order valence-electron chi connectivity index (χ2n) is 4.04. The molecule has 5 heteroatoms. The van der Waals surface area contributed by atoms with Gasteiger partial charge in [0.2, 0.25) is 0 Å². The fourth-order valence-electron chi connectivity index (χ4n) is 1.90. The van der Waals surface area contributed by atoms with Crippen molar-refractivity contribution in [2.24, 2.45) is 5.73 Å². The molecule has 0 bridgehead atoms. The van der Waals surface area contributed by atoms with Gasteiger partial charge in [0, 0.05) is 28.3 Å². The Morgan fingerprint density at radius 3 is 2.83 bits per heavy atom. The van der Waals surface area contributed by atoms with Crippen molar-refractivity contribution in [2.45, 2.75) is 13.1 Å². The average molecular weight is 346 g/mol. The zero-order valence-electron chi connectivity index (χ0n) is 9.99. The molecule has 0 amide bonds. The predicted octanol–water partition coefficient (Wildman–Crippen LogP) is 4.26. The first-order valence-electron chi connectivity index (χ1n) is 5.53. The first-order chi connectivity index (χ1) is 8.61. The molecule has 2 rings (SSSR count). The Labute approximate surface area is 124 Å². The number of para-hydroxylation sites is 1. The molecule has 0 radical (unpaired) electrons. The molecule has 0 aliphatic carbocycles. The highest BCUT2D eigenvalue weighted by atomic mass is 79.9. The highest BCUT2D eigenvalue weighted by Crippen LogP contribution is 2.31. The van der Waals surface area contributed by atoms with E-state index >= 15 is 0 Å². The highest BCUT2D eigenvalue weighted by Gasteiger charge is 2.12. The van der Waals surface area contributed by atoms with Gasteiger partial charge < -0.3 is 10.6 Å². The lowest BCUT2D eigenvalue weighted by Gasteiger charge is -2.22. The lowest BCUT2D eigenvalue weighted by atomic mass is 10.1. The molecular weight excluding hydrogens is 332 g/mol. The summed E-state index contributed by atoms with van der Waals surface area (Å²) in [7, 11) is 2.04. The van der Waals surface area contributed by atoms with Crippen LogP contribution in [0, 0.1) is 0 Å². The van der Waals surface area contributed by atoms with Crippen LogP contribution in [0.3, 0.4) is 0 Å². The van der Waals surface area contributed by atoms with Gasteiger partial charge in [-0.1, -0.05) is 23.7 Å². The summed E-state index contributed by atoms with van der Waals surface area (Å²) in [5.74, 6) is 0. The third kappa shape index (κ3) is 3.06. The van der Waals surface area contributed by atoms with Crippen LogP contribution in [-0.4, -0.2) is 7.05 Å². The SMILES string of the molecule is CN(Cc1cc(Br)cs1)c1c(Cl)cccc1CN. The molecule has 0 saturated carbocycles. The van der Waals surface area contributed by atoms with Crippen LogP contribution in [0.5, 0.6) is 0 Å². The Balaban J connectivity index is 2.25. The summed E-state index contributed by atoms with van der Waals surface area (Å²) >= 11 is 11.5. The molecule has 1 aromatic carbocycles. The molecule has 0 spiro atoms. The van der Waals surface area contributed by atoms with Crippen LogP contribution in [0.2, 0.25) is 5.02 Å². The normalized spacial score (nSPS) is 10.7. The number of halogens is 2. The number of benzene rings is 1. The Morgan fingerprint density at radius 2 is 2.22 bits per heavy atom. The van der Waals surface area contributed by atoms with Crippen LogP contribution in [-0.2, 0) is 13.1 Å². The minimum absolute atomic E-state index is 0.494. The predicted molar refractivity (Wildman–Crippen MR) is 83.5 cm³/mol. The summed E-state index contributed by atoms with van der Waals surface area (Å²) < 4.78 is 1.12. The molecule has 0 atom stereocenters. The standard InChI is InChI=1S/C13H14BrClN2S/c1-17(7-11-5-10(14)8-18-11)13-9(6-16)3-2-4-12(13)15/h2-5,8H,6-7,16H2,1H3. The number of rotatable bonds is 4. The zero-order chi connectivity index (χ0) is 13.1. The van der Waals surface area contributed by atoms with Crippen molar-refractivity contribution in [3.8, 4) is 0 Å². The van der Waals surface area contributed by atoms with Crippen LogP contribution in [0.15, 0.2) is 34.1 Å². The fraction of sp³-hybridized carbons (Fsp3) is 0.231. The van der Waals surface area contributed by atoms with Crippen molar-refractivity contribution in [3.63, 3.8) is 0 Å². The quantitative estimate of drug-likeness (QED) is 0.897. The molecule has 0 saturated heterocycles. The van der Waals surface area contributed by atoms with Crippen molar-refractivity contribution in [3.05, 3.63) is 49.6 Å². The van der Waals surface area contributed by atoms with Crippen molar-refractivity contribution in [1.82, 2.24) is 0 Å². The van der Waals surface area contributed by atoms with Gasteiger partial charge in [0.05, 0.1) is 17.3 Å². The number of anilines is 1. The van der Waals surface area contributed by atoms with Crippen LogP contribution in [0.4, 0.5) is 5.69 Å². The lowest BCUT2D eigenvalue weighted by Crippen LogP contribution is -2.18. The Kier molecular flexibility index (Phi) is 4.67. The maximum Gasteiger partial charge on any atom is 0.0642 e. The number of hydrogen-bond acceptors (Lipinski definition) is 3. The fourth-order valence-corrected chi connectivity index (χ4v) is 3.74. The lowest BCUT2D eigenvalue weighted by molar-refractivity contribution is 0.918. The average Bonchev–Trinajstić information content (AvgIpc) is 2.74. The van der Waals surface area contributed by atoms with E-state index in [-0.39, 0.29) is 0 Å². The maximum atomic E-state index is 6.27. The Bertz CT molecular complexity index is 542. The van der Waals surface area contributed by atoms with Gasteiger partial charge in [-0.15, -0.1) is 11.3 Å². The van der Waals surface area contributed by atoms with Crippen LogP contribution in [0.25, 0.3) is 0 Å². The second-order valence-corrected chi connectivity index (χ2v) is 6.36. The monoisotopic (exact) mass is 344 g/mol. The van der Waals surface area contributed by atoms with Crippen molar-refractivity contribution < 1.29 is 0 Å². The van der Waals surface area contributed by atoms with Gasteiger partial charge in [-0.3, -0.25) is 0 Å². The molecule has 2 N–H and O–H groups in total. The van der Waals surface area contributed by atoms with E-state index < -0.39 is 0 Å². The van der Waals surface area contributed by atoms with Crippen molar-refractivity contribution >= 4 is 44.6 Å². The summed E-state index contributed by atoms with van der Waals surface area (Å²) in [6.45, 7) is 1.32. The summed E-state index contributed by atoms with van der Waals surface area (Å²) in [4.78, 5) is 3.43. The van der Waals surface area contributed by atoms with Crippen LogP contribution in [0.1, 0.15) is 10.4 Å². The third-order valence-corrected chi connectivity index (χ3v) is 4.67. The smallest absolute Gasteiger partial charge is 0.0642 e. The van der Waals surface area contributed by atoms with Gasteiger partial charge >= 0.3 is 0 Å². The molecule has 0 aliphatic heterocycles. The van der Waals surface area contributed by atoms with Crippen molar-refractivity contribution in [2.75, 3.05) is 11.9 Å². The zero-order valence-corrected chi connectivity index (χ0v) is 13.1. The third-order valence-electron chi connectivity index (χ3n) is 2.69. The van der Waals surface area contributed by atoms with Gasteiger partial charge in [-0.05, 0) is 33.6 Å². The van der Waals surface area contributed by atoms with E-state index in [0.717, 1.165) is 27.3 Å². The minimum Gasteiger partial charge on any atom is -0.368 e. The minimum atomic E-state index is 0.494. The second kappa shape index (κ2) is 6.06. The number of nitrogens with zero attached hydrogens (tertiary/aromatic N) is 1. The van der Waals surface area contributed by atoms with Gasteiger partial charge in [-0.2, -0.15) is 0 Å². The molecule has 0 fully saturated rings. The van der Waals surface area contributed by atoms with Gasteiger partial charge in [-0.25, -0.2) is 0 Å². The van der Waals surface area contributed by atoms with Crippen LogP contribution >= 0.6 is 38.9 Å². The molecule has 0 aliphatic rings. The van der Waals surface area contributed by atoms with Crippen molar-refractivity contribution in [1.29, 1.82) is 0 Å². The number of thiophene rings is 1. The summed E-state index contributed by atoms with van der Waals surface area (Å²) in [5, 5.41) is 2.83. The van der Waals surface area contributed by atoms with E-state index in [1.54, 1.807) is 11.3 Å². The molecule has 2 aromatic rings. The van der Waals surface area contributed by atoms with E-state index in [1.807, 2.05) is 25.2 Å². The van der Waals surface area contributed by atoms with E-state index in [2.05, 4.69) is 32.3 Å². The molecule has 2 nitrogen and oxygen atoms in total. The summed E-state index contributed by atoms with van der Waals surface area (Å²) in [5.41, 5.74) is 7.85. The number of nitrogens with two attached hydrogens (primary N) is 1. The summed E-state index contributed by atoms with van der Waals surface area (Å²) in [6.07, 6.45) is 0. The molecule has 96 valence electrons. The first kappa shape index (κ1) is 13.9. The Hall–Kier alpha value is -0.550. The topological polar surface area (TPSA) is 29.3 Å². The molecule has 1 heterocycles.